The minimum atomic E-state index is -4.00. The molecule has 20 heavy (non-hydrogen) atoms. The predicted molar refractivity (Wildman–Crippen MR) is 74.2 cm³/mol. The molecule has 1 unspecified atom stereocenters. The molecule has 0 aliphatic rings. The van der Waals surface area contributed by atoms with Gasteiger partial charge in [-0.05, 0) is 31.2 Å². The van der Waals surface area contributed by atoms with E-state index < -0.39 is 27.3 Å². The number of urea groups is 1. The van der Waals surface area contributed by atoms with Crippen molar-refractivity contribution in [2.24, 2.45) is 0 Å². The number of benzene rings is 1. The van der Waals surface area contributed by atoms with Gasteiger partial charge in [0, 0.05) is 18.4 Å². The minimum Gasteiger partial charge on any atom is -0.480 e. The quantitative estimate of drug-likeness (QED) is 0.635. The largest absolute Gasteiger partial charge is 0.480 e. The van der Waals surface area contributed by atoms with Crippen molar-refractivity contribution in [3.05, 3.63) is 24.3 Å². The molecule has 0 saturated carbocycles. The molecule has 8 nitrogen and oxygen atoms in total. The third-order valence-electron chi connectivity index (χ3n) is 2.44. The zero-order valence-electron chi connectivity index (χ0n) is 10.9. The highest BCUT2D eigenvalue weighted by atomic mass is 32.2. The van der Waals surface area contributed by atoms with E-state index in [-0.39, 0.29) is 5.69 Å². The number of hydrogen-bond acceptors (Lipinski definition) is 4. The van der Waals surface area contributed by atoms with Gasteiger partial charge in [-0.1, -0.05) is 0 Å². The minimum absolute atomic E-state index is 0.209. The normalized spacial score (nSPS) is 12.3. The maximum absolute atomic E-state index is 11.7. The molecule has 0 bridgehead atoms. The van der Waals surface area contributed by atoms with Gasteiger partial charge < -0.3 is 15.7 Å². The first-order valence-corrected chi connectivity index (χ1v) is 7.14. The van der Waals surface area contributed by atoms with Crippen LogP contribution in [0.25, 0.3) is 0 Å². The van der Waals surface area contributed by atoms with Gasteiger partial charge in [0.15, 0.2) is 5.25 Å². The Hall–Kier alpha value is -2.29. The Balaban J connectivity index is 2.80. The Labute approximate surface area is 116 Å². The van der Waals surface area contributed by atoms with Crippen LogP contribution < -0.4 is 15.4 Å². The SMILES string of the molecule is CNC(=O)Nc1ccc(NS(=O)(=O)C(C)C(=O)O)cc1. The van der Waals surface area contributed by atoms with E-state index in [0.29, 0.717) is 5.69 Å². The van der Waals surface area contributed by atoms with E-state index in [1.54, 1.807) is 0 Å². The molecule has 0 aliphatic carbocycles. The van der Waals surface area contributed by atoms with Crippen LogP contribution in [0.15, 0.2) is 24.3 Å². The number of anilines is 2. The van der Waals surface area contributed by atoms with Gasteiger partial charge in [-0.2, -0.15) is 0 Å². The van der Waals surface area contributed by atoms with Crippen molar-refractivity contribution in [1.82, 2.24) is 5.32 Å². The van der Waals surface area contributed by atoms with Gasteiger partial charge in [0.2, 0.25) is 10.0 Å². The monoisotopic (exact) mass is 301 g/mol. The molecule has 0 radical (unpaired) electrons. The number of carbonyl (C=O) groups excluding carboxylic acids is 1. The summed E-state index contributed by atoms with van der Waals surface area (Å²) in [6.07, 6.45) is 0. The number of rotatable bonds is 5. The van der Waals surface area contributed by atoms with E-state index in [1.807, 2.05) is 0 Å². The molecule has 1 aromatic carbocycles. The molecular formula is C11H15N3O5S. The number of carboxylic acids is 1. The number of nitrogens with one attached hydrogen (secondary N) is 3. The van der Waals surface area contributed by atoms with E-state index >= 15 is 0 Å². The molecule has 1 aromatic rings. The zero-order valence-corrected chi connectivity index (χ0v) is 11.7. The average molecular weight is 301 g/mol. The van der Waals surface area contributed by atoms with Crippen LogP contribution in [-0.4, -0.2) is 37.8 Å². The van der Waals surface area contributed by atoms with Crippen molar-refractivity contribution in [1.29, 1.82) is 0 Å². The van der Waals surface area contributed by atoms with Gasteiger partial charge in [0.05, 0.1) is 0 Å². The zero-order chi connectivity index (χ0) is 15.3. The molecule has 1 atom stereocenters. The highest BCUT2D eigenvalue weighted by Gasteiger charge is 2.27. The van der Waals surface area contributed by atoms with Crippen LogP contribution in [0.5, 0.6) is 0 Å². The summed E-state index contributed by atoms with van der Waals surface area (Å²) >= 11 is 0. The lowest BCUT2D eigenvalue weighted by Crippen LogP contribution is -2.32. The maximum atomic E-state index is 11.7. The molecule has 2 amide bonds. The molecule has 110 valence electrons. The van der Waals surface area contributed by atoms with E-state index in [0.717, 1.165) is 6.92 Å². The van der Waals surface area contributed by atoms with Crippen LogP contribution in [0.3, 0.4) is 0 Å². The van der Waals surface area contributed by atoms with E-state index in [9.17, 15) is 18.0 Å². The summed E-state index contributed by atoms with van der Waals surface area (Å²) < 4.78 is 25.5. The molecule has 0 heterocycles. The van der Waals surface area contributed by atoms with Crippen molar-refractivity contribution in [3.63, 3.8) is 0 Å². The summed E-state index contributed by atoms with van der Waals surface area (Å²) in [5.41, 5.74) is 0.680. The van der Waals surface area contributed by atoms with Gasteiger partial charge in [0.25, 0.3) is 0 Å². The fraction of sp³-hybridized carbons (Fsp3) is 0.273. The molecule has 1 rings (SSSR count). The van der Waals surface area contributed by atoms with Crippen molar-refractivity contribution in [2.75, 3.05) is 17.1 Å². The smallest absolute Gasteiger partial charge is 0.323 e. The van der Waals surface area contributed by atoms with E-state index in [4.69, 9.17) is 5.11 Å². The summed E-state index contributed by atoms with van der Waals surface area (Å²) in [5.74, 6) is -1.43. The highest BCUT2D eigenvalue weighted by molar-refractivity contribution is 7.94. The number of carboxylic acid groups (broad SMARTS) is 1. The van der Waals surface area contributed by atoms with Crippen LogP contribution in [0.2, 0.25) is 0 Å². The summed E-state index contributed by atoms with van der Waals surface area (Å²) in [7, 11) is -2.54. The molecule has 9 heteroatoms. The van der Waals surface area contributed by atoms with Crippen LogP contribution in [-0.2, 0) is 14.8 Å². The third kappa shape index (κ3) is 4.12. The van der Waals surface area contributed by atoms with Crippen molar-refractivity contribution >= 4 is 33.4 Å². The topological polar surface area (TPSA) is 125 Å². The van der Waals surface area contributed by atoms with Gasteiger partial charge in [0.1, 0.15) is 0 Å². The lowest BCUT2D eigenvalue weighted by atomic mass is 10.3. The predicted octanol–water partition coefficient (Wildman–Crippen LogP) is 0.653. The van der Waals surface area contributed by atoms with Gasteiger partial charge in [-0.15, -0.1) is 0 Å². The molecule has 0 spiro atoms. The summed E-state index contributed by atoms with van der Waals surface area (Å²) in [5, 5.41) is 12.0. The fourth-order valence-corrected chi connectivity index (χ4v) is 2.11. The summed E-state index contributed by atoms with van der Waals surface area (Å²) in [6.45, 7) is 1.08. The Morgan fingerprint density at radius 1 is 1.15 bits per heavy atom. The highest BCUT2D eigenvalue weighted by Crippen LogP contribution is 2.16. The number of amides is 2. The first kappa shape index (κ1) is 15.8. The molecule has 0 saturated heterocycles. The van der Waals surface area contributed by atoms with E-state index in [2.05, 4.69) is 15.4 Å². The van der Waals surface area contributed by atoms with Gasteiger partial charge in [-0.25, -0.2) is 13.2 Å². The van der Waals surface area contributed by atoms with Crippen LogP contribution >= 0.6 is 0 Å². The van der Waals surface area contributed by atoms with Crippen LogP contribution in [0.1, 0.15) is 6.92 Å². The first-order chi connectivity index (χ1) is 9.26. The molecule has 0 aromatic heterocycles. The Morgan fingerprint density at radius 3 is 2.10 bits per heavy atom. The van der Waals surface area contributed by atoms with E-state index in [1.165, 1.54) is 31.3 Å². The number of sulfonamides is 1. The standard InChI is InChI=1S/C11H15N3O5S/c1-7(10(15)16)20(18,19)14-9-5-3-8(4-6-9)13-11(17)12-2/h3-7,14H,1-2H3,(H,15,16)(H2,12,13,17). The first-order valence-electron chi connectivity index (χ1n) is 5.59. The summed E-state index contributed by atoms with van der Waals surface area (Å²) in [4.78, 5) is 21.7. The van der Waals surface area contributed by atoms with Gasteiger partial charge in [-0.3, -0.25) is 9.52 Å². The lowest BCUT2D eigenvalue weighted by molar-refractivity contribution is -0.136. The molecular weight excluding hydrogens is 286 g/mol. The third-order valence-corrected chi connectivity index (χ3v) is 4.10. The molecule has 4 N–H and O–H groups in total. The Kier molecular flexibility index (Phi) is 4.92. The molecule has 0 aliphatic heterocycles. The van der Waals surface area contributed by atoms with Gasteiger partial charge >= 0.3 is 12.0 Å². The average Bonchev–Trinajstić information content (AvgIpc) is 2.39. The van der Waals surface area contributed by atoms with Crippen LogP contribution in [0.4, 0.5) is 16.2 Å². The second kappa shape index (κ2) is 6.24. The number of carbonyl (C=O) groups is 2. The second-order valence-corrected chi connectivity index (χ2v) is 5.91. The lowest BCUT2D eigenvalue weighted by Gasteiger charge is -2.11. The van der Waals surface area contributed by atoms with Crippen LogP contribution in [0, 0.1) is 0 Å². The maximum Gasteiger partial charge on any atom is 0.323 e. The fourth-order valence-electron chi connectivity index (χ4n) is 1.20. The molecule has 0 fully saturated rings. The Bertz CT molecular complexity index is 597. The number of hydrogen-bond donors (Lipinski definition) is 4. The number of aliphatic carboxylic acids is 1. The van der Waals surface area contributed by atoms with Crippen molar-refractivity contribution < 1.29 is 23.1 Å². The Morgan fingerprint density at radius 2 is 1.65 bits per heavy atom. The summed E-state index contributed by atoms with van der Waals surface area (Å²) in [6, 6.07) is 5.39. The van der Waals surface area contributed by atoms with Crippen molar-refractivity contribution in [2.45, 2.75) is 12.2 Å². The van der Waals surface area contributed by atoms with Crippen molar-refractivity contribution in [3.8, 4) is 0 Å². The second-order valence-electron chi connectivity index (χ2n) is 3.91.